The molecule has 0 aromatic heterocycles. The lowest BCUT2D eigenvalue weighted by Crippen LogP contribution is -2.40. The number of ether oxygens (including phenoxy) is 1. The molecule has 2 rings (SSSR count). The number of rotatable bonds is 4. The minimum atomic E-state index is -0.446. The lowest BCUT2D eigenvalue weighted by atomic mass is 10.0. The van der Waals surface area contributed by atoms with Crippen molar-refractivity contribution in [2.75, 3.05) is 13.1 Å². The molecule has 0 spiro atoms. The Balaban J connectivity index is 1.90. The summed E-state index contributed by atoms with van der Waals surface area (Å²) in [6, 6.07) is 11.2. The number of amides is 1. The van der Waals surface area contributed by atoms with Crippen LogP contribution < -0.4 is 5.32 Å². The van der Waals surface area contributed by atoms with Crippen molar-refractivity contribution in [3.05, 3.63) is 35.9 Å². The number of carbonyl (C=O) groups excluding carboxylic acids is 1. The summed E-state index contributed by atoms with van der Waals surface area (Å²) >= 11 is 0. The fourth-order valence-corrected chi connectivity index (χ4v) is 3.04. The van der Waals surface area contributed by atoms with Crippen LogP contribution in [0.1, 0.15) is 52.1 Å². The maximum absolute atomic E-state index is 11.9. The average molecular weight is 304 g/mol. The van der Waals surface area contributed by atoms with Gasteiger partial charge in [0.25, 0.3) is 0 Å². The number of hydrogen-bond donors (Lipinski definition) is 1. The van der Waals surface area contributed by atoms with Gasteiger partial charge in [0.2, 0.25) is 0 Å². The number of hydrogen-bond acceptors (Lipinski definition) is 3. The summed E-state index contributed by atoms with van der Waals surface area (Å²) in [6.07, 6.45) is 1.73. The van der Waals surface area contributed by atoms with Gasteiger partial charge in [-0.2, -0.15) is 0 Å². The molecule has 1 aliphatic heterocycles. The second-order valence-electron chi connectivity index (χ2n) is 6.96. The highest BCUT2D eigenvalue weighted by Crippen LogP contribution is 2.27. The van der Waals surface area contributed by atoms with Gasteiger partial charge in [-0.25, -0.2) is 4.79 Å². The van der Waals surface area contributed by atoms with Crippen LogP contribution in [0.5, 0.6) is 0 Å². The van der Waals surface area contributed by atoms with Crippen molar-refractivity contribution in [1.29, 1.82) is 0 Å². The van der Waals surface area contributed by atoms with Gasteiger partial charge in [0, 0.05) is 25.2 Å². The minimum absolute atomic E-state index is 0.174. The molecule has 4 heteroatoms. The summed E-state index contributed by atoms with van der Waals surface area (Å²) < 4.78 is 5.34. The fourth-order valence-electron chi connectivity index (χ4n) is 3.04. The highest BCUT2D eigenvalue weighted by molar-refractivity contribution is 5.68. The molecule has 0 unspecified atom stereocenters. The van der Waals surface area contributed by atoms with E-state index in [2.05, 4.69) is 41.4 Å². The third-order valence-corrected chi connectivity index (χ3v) is 3.95. The van der Waals surface area contributed by atoms with Gasteiger partial charge in [-0.3, -0.25) is 4.90 Å². The molecule has 122 valence electrons. The van der Waals surface area contributed by atoms with Gasteiger partial charge >= 0.3 is 6.09 Å². The first-order chi connectivity index (χ1) is 10.4. The van der Waals surface area contributed by atoms with Gasteiger partial charge in [0.1, 0.15) is 5.60 Å². The van der Waals surface area contributed by atoms with Crippen LogP contribution in [0.15, 0.2) is 30.3 Å². The van der Waals surface area contributed by atoms with Crippen molar-refractivity contribution in [3.8, 4) is 0 Å². The summed E-state index contributed by atoms with van der Waals surface area (Å²) in [5.74, 6) is 0. The van der Waals surface area contributed by atoms with Crippen LogP contribution in [0.4, 0.5) is 4.79 Å². The molecule has 1 aromatic rings. The van der Waals surface area contributed by atoms with E-state index >= 15 is 0 Å². The van der Waals surface area contributed by atoms with Gasteiger partial charge in [0.15, 0.2) is 0 Å². The maximum atomic E-state index is 11.9. The van der Waals surface area contributed by atoms with Gasteiger partial charge in [-0.05, 0) is 39.2 Å². The lowest BCUT2D eigenvalue weighted by Gasteiger charge is -2.27. The Kier molecular flexibility index (Phi) is 5.46. The molecular formula is C18H28N2O2. The van der Waals surface area contributed by atoms with E-state index in [1.54, 1.807) is 0 Å². The Morgan fingerprint density at radius 2 is 2.05 bits per heavy atom. The molecule has 0 radical (unpaired) electrons. The zero-order valence-corrected chi connectivity index (χ0v) is 14.1. The molecule has 1 saturated heterocycles. The molecule has 0 saturated carbocycles. The fraction of sp³-hybridized carbons (Fsp3) is 0.611. The molecule has 1 aliphatic rings. The summed E-state index contributed by atoms with van der Waals surface area (Å²) in [7, 11) is 0. The Labute approximate surface area is 133 Å². The van der Waals surface area contributed by atoms with Crippen molar-refractivity contribution >= 4 is 6.09 Å². The molecule has 1 fully saturated rings. The van der Waals surface area contributed by atoms with E-state index in [4.69, 9.17) is 4.74 Å². The van der Waals surface area contributed by atoms with Gasteiger partial charge in [0.05, 0.1) is 0 Å². The first-order valence-electron chi connectivity index (χ1n) is 8.17. The zero-order chi connectivity index (χ0) is 16.2. The third-order valence-electron chi connectivity index (χ3n) is 3.95. The Morgan fingerprint density at radius 1 is 1.36 bits per heavy atom. The number of carbonyl (C=O) groups is 1. The van der Waals surface area contributed by atoms with Crippen LogP contribution in [0.2, 0.25) is 0 Å². The van der Waals surface area contributed by atoms with Crippen LogP contribution in [0.25, 0.3) is 0 Å². The van der Waals surface area contributed by atoms with Crippen molar-refractivity contribution in [2.45, 2.75) is 58.2 Å². The van der Waals surface area contributed by atoms with Crippen LogP contribution >= 0.6 is 0 Å². The Morgan fingerprint density at radius 3 is 2.64 bits per heavy atom. The van der Waals surface area contributed by atoms with Crippen LogP contribution in [0.3, 0.4) is 0 Å². The molecular weight excluding hydrogens is 276 g/mol. The lowest BCUT2D eigenvalue weighted by molar-refractivity contribution is 0.0504. The van der Waals surface area contributed by atoms with Crippen LogP contribution in [-0.4, -0.2) is 35.7 Å². The predicted octanol–water partition coefficient (Wildman–Crippen LogP) is 3.74. The van der Waals surface area contributed by atoms with E-state index in [1.807, 2.05) is 26.8 Å². The molecule has 1 heterocycles. The number of alkyl carbamates (subject to hydrolysis) is 1. The van der Waals surface area contributed by atoms with E-state index in [9.17, 15) is 4.79 Å². The predicted molar refractivity (Wildman–Crippen MR) is 88.8 cm³/mol. The standard InChI is InChI=1S/C18H28N2O2/c1-5-16(14-9-7-6-8-10-14)20-12-11-15(13-20)19-17(21)22-18(2,3)4/h6-10,15-16H,5,11-13H2,1-4H3,(H,19,21)/t15-,16-/m0/s1. The smallest absolute Gasteiger partial charge is 0.407 e. The summed E-state index contributed by atoms with van der Waals surface area (Å²) in [5, 5.41) is 2.99. The van der Waals surface area contributed by atoms with E-state index in [0.717, 1.165) is 25.9 Å². The largest absolute Gasteiger partial charge is 0.444 e. The highest BCUT2D eigenvalue weighted by Gasteiger charge is 2.30. The minimum Gasteiger partial charge on any atom is -0.444 e. The van der Waals surface area contributed by atoms with Crippen LogP contribution in [-0.2, 0) is 4.74 Å². The summed E-state index contributed by atoms with van der Waals surface area (Å²) in [4.78, 5) is 14.3. The number of nitrogens with zero attached hydrogens (tertiary/aromatic N) is 1. The molecule has 2 atom stereocenters. The maximum Gasteiger partial charge on any atom is 0.407 e. The third kappa shape index (κ3) is 4.73. The quantitative estimate of drug-likeness (QED) is 0.921. The second-order valence-corrected chi connectivity index (χ2v) is 6.96. The van der Waals surface area contributed by atoms with E-state index < -0.39 is 5.60 Å². The Bertz CT molecular complexity index is 482. The monoisotopic (exact) mass is 304 g/mol. The topological polar surface area (TPSA) is 41.6 Å². The first kappa shape index (κ1) is 16.8. The van der Waals surface area contributed by atoms with Crippen molar-refractivity contribution < 1.29 is 9.53 Å². The normalized spacial score (nSPS) is 20.6. The zero-order valence-electron chi connectivity index (χ0n) is 14.1. The van der Waals surface area contributed by atoms with Crippen molar-refractivity contribution in [3.63, 3.8) is 0 Å². The van der Waals surface area contributed by atoms with Crippen LogP contribution in [0, 0.1) is 0 Å². The van der Waals surface area contributed by atoms with E-state index in [-0.39, 0.29) is 12.1 Å². The SMILES string of the molecule is CC[C@@H](c1ccccc1)N1CC[C@H](NC(=O)OC(C)(C)C)C1. The van der Waals surface area contributed by atoms with Gasteiger partial charge in [-0.15, -0.1) is 0 Å². The highest BCUT2D eigenvalue weighted by atomic mass is 16.6. The number of benzene rings is 1. The van der Waals surface area contributed by atoms with Crippen molar-refractivity contribution in [1.82, 2.24) is 10.2 Å². The molecule has 1 aromatic carbocycles. The molecule has 0 aliphatic carbocycles. The Hall–Kier alpha value is -1.55. The van der Waals surface area contributed by atoms with Crippen molar-refractivity contribution in [2.24, 2.45) is 0 Å². The number of nitrogens with one attached hydrogen (secondary N) is 1. The summed E-state index contributed by atoms with van der Waals surface area (Å²) in [5.41, 5.74) is 0.904. The molecule has 1 amide bonds. The number of likely N-dealkylation sites (tertiary alicyclic amines) is 1. The average Bonchev–Trinajstić information content (AvgIpc) is 2.87. The molecule has 1 N–H and O–H groups in total. The van der Waals surface area contributed by atoms with E-state index in [0.29, 0.717) is 6.04 Å². The van der Waals surface area contributed by atoms with E-state index in [1.165, 1.54) is 5.56 Å². The van der Waals surface area contributed by atoms with Gasteiger partial charge in [-0.1, -0.05) is 37.3 Å². The van der Waals surface area contributed by atoms with Gasteiger partial charge < -0.3 is 10.1 Å². The summed E-state index contributed by atoms with van der Waals surface area (Å²) in [6.45, 7) is 9.76. The second kappa shape index (κ2) is 7.14. The molecule has 4 nitrogen and oxygen atoms in total. The first-order valence-corrected chi connectivity index (χ1v) is 8.17. The molecule has 0 bridgehead atoms. The molecule has 22 heavy (non-hydrogen) atoms.